The van der Waals surface area contributed by atoms with Crippen molar-refractivity contribution in [3.63, 3.8) is 0 Å². The summed E-state index contributed by atoms with van der Waals surface area (Å²) >= 11 is 1.58. The number of aromatic nitrogens is 3. The Kier molecular flexibility index (Phi) is 5.38. The van der Waals surface area contributed by atoms with Crippen LogP contribution in [0.3, 0.4) is 0 Å². The molecule has 0 unspecified atom stereocenters. The zero-order chi connectivity index (χ0) is 24.1. The summed E-state index contributed by atoms with van der Waals surface area (Å²) in [6.45, 7) is 0.232. The number of nitrogens with one attached hydrogen (secondary N) is 1. The molecule has 1 amide bonds. The number of amides is 1. The van der Waals surface area contributed by atoms with Crippen LogP contribution in [0.4, 0.5) is 0 Å². The van der Waals surface area contributed by atoms with Crippen molar-refractivity contribution in [1.82, 2.24) is 19.7 Å². The van der Waals surface area contributed by atoms with Gasteiger partial charge in [-0.25, -0.2) is 4.68 Å². The zero-order valence-electron chi connectivity index (χ0n) is 19.5. The van der Waals surface area contributed by atoms with Crippen LogP contribution in [0.5, 0.6) is 11.5 Å². The fraction of sp³-hybridized carbons (Fsp3) is 0.308. The van der Waals surface area contributed by atoms with Crippen LogP contribution < -0.4 is 14.8 Å². The van der Waals surface area contributed by atoms with E-state index in [-0.39, 0.29) is 24.7 Å². The van der Waals surface area contributed by atoms with Gasteiger partial charge < -0.3 is 24.5 Å². The van der Waals surface area contributed by atoms with Crippen molar-refractivity contribution < 1.29 is 19.4 Å². The molecule has 35 heavy (non-hydrogen) atoms. The van der Waals surface area contributed by atoms with Gasteiger partial charge in [-0.05, 0) is 42.8 Å². The van der Waals surface area contributed by atoms with Crippen LogP contribution in [0.15, 0.2) is 47.4 Å². The van der Waals surface area contributed by atoms with Crippen LogP contribution in [0.25, 0.3) is 28.1 Å². The van der Waals surface area contributed by atoms with E-state index < -0.39 is 0 Å². The molecule has 1 aliphatic carbocycles. The minimum absolute atomic E-state index is 0.0508. The number of nitrogens with zero attached hydrogens (tertiary/aromatic N) is 3. The number of benzene rings is 1. The van der Waals surface area contributed by atoms with Crippen LogP contribution in [0.2, 0.25) is 0 Å². The first-order valence-corrected chi connectivity index (χ1v) is 12.6. The lowest BCUT2D eigenvalue weighted by Crippen LogP contribution is -2.34. The van der Waals surface area contributed by atoms with Gasteiger partial charge in [0.25, 0.3) is 5.91 Å². The monoisotopic (exact) mass is 490 g/mol. The maximum atomic E-state index is 13.3. The van der Waals surface area contributed by atoms with Gasteiger partial charge in [0.1, 0.15) is 18.1 Å². The van der Waals surface area contributed by atoms with Gasteiger partial charge in [0.2, 0.25) is 0 Å². The predicted octanol–water partition coefficient (Wildman–Crippen LogP) is 4.15. The van der Waals surface area contributed by atoms with Gasteiger partial charge in [-0.2, -0.15) is 16.4 Å². The van der Waals surface area contributed by atoms with E-state index in [9.17, 15) is 9.90 Å². The Morgan fingerprint density at radius 3 is 2.86 bits per heavy atom. The summed E-state index contributed by atoms with van der Waals surface area (Å²) in [5, 5.41) is 21.7. The number of ether oxygens (including phenoxy) is 2. The highest BCUT2D eigenvalue weighted by Gasteiger charge is 2.33. The number of rotatable bonds is 5. The normalized spacial score (nSPS) is 18.6. The van der Waals surface area contributed by atoms with Gasteiger partial charge in [-0.15, -0.1) is 0 Å². The summed E-state index contributed by atoms with van der Waals surface area (Å²) in [6.07, 6.45) is 5.71. The van der Waals surface area contributed by atoms with E-state index in [4.69, 9.17) is 14.6 Å². The summed E-state index contributed by atoms with van der Waals surface area (Å²) in [5.41, 5.74) is 5.68. The highest BCUT2D eigenvalue weighted by molar-refractivity contribution is 7.08. The van der Waals surface area contributed by atoms with Crippen LogP contribution in [-0.2, 0) is 13.7 Å². The van der Waals surface area contributed by atoms with E-state index in [0.29, 0.717) is 24.3 Å². The third-order valence-electron chi connectivity index (χ3n) is 6.76. The maximum absolute atomic E-state index is 13.3. The molecule has 8 nitrogen and oxygen atoms in total. The second-order valence-electron chi connectivity index (χ2n) is 9.11. The molecule has 2 N–H and O–H groups in total. The van der Waals surface area contributed by atoms with Crippen molar-refractivity contribution in [3.05, 3.63) is 58.7 Å². The molecule has 0 bridgehead atoms. The average molecular weight is 491 g/mol. The smallest absolute Gasteiger partial charge is 0.272 e. The molecule has 6 rings (SSSR count). The largest absolute Gasteiger partial charge is 0.496 e. The summed E-state index contributed by atoms with van der Waals surface area (Å²) in [7, 11) is 3.63. The zero-order valence-corrected chi connectivity index (χ0v) is 20.3. The number of aliphatic hydroxyl groups excluding tert-OH is 1. The molecule has 180 valence electrons. The molecule has 4 aromatic rings. The highest BCUT2D eigenvalue weighted by Crippen LogP contribution is 2.46. The van der Waals surface area contributed by atoms with Crippen molar-refractivity contribution in [2.75, 3.05) is 7.11 Å². The van der Waals surface area contributed by atoms with E-state index in [2.05, 4.69) is 11.4 Å². The Bertz CT molecular complexity index is 1410. The van der Waals surface area contributed by atoms with Crippen LogP contribution in [0, 0.1) is 0 Å². The van der Waals surface area contributed by atoms with E-state index >= 15 is 0 Å². The molecule has 1 fully saturated rings. The molecule has 1 aromatic carbocycles. The van der Waals surface area contributed by atoms with Gasteiger partial charge >= 0.3 is 0 Å². The van der Waals surface area contributed by atoms with Crippen molar-refractivity contribution in [2.24, 2.45) is 7.05 Å². The Hall–Kier alpha value is -3.56. The summed E-state index contributed by atoms with van der Waals surface area (Å²) in [5.74, 6) is 1.17. The minimum Gasteiger partial charge on any atom is -0.496 e. The third kappa shape index (κ3) is 3.81. The lowest BCUT2D eigenvalue weighted by molar-refractivity contribution is 0.0926. The molecule has 2 atom stereocenters. The number of methoxy groups -OCH3 is 1. The fourth-order valence-electron chi connectivity index (χ4n) is 5.03. The summed E-state index contributed by atoms with van der Waals surface area (Å²) in [6, 6.07) is 7.95. The van der Waals surface area contributed by atoms with Crippen LogP contribution in [-0.4, -0.2) is 44.6 Å². The molecule has 2 aliphatic rings. The topological polar surface area (TPSA) is 90.5 Å². The number of thiophene rings is 1. The number of hydrogen-bond donors (Lipinski definition) is 2. The first-order valence-electron chi connectivity index (χ1n) is 11.6. The van der Waals surface area contributed by atoms with Gasteiger partial charge in [-0.1, -0.05) is 0 Å². The van der Waals surface area contributed by atoms with Gasteiger partial charge in [-0.3, -0.25) is 4.79 Å². The Labute approximate surface area is 206 Å². The lowest BCUT2D eigenvalue weighted by atomic mass is 9.97. The number of carbonyl (C=O) groups excluding carboxylic acids is 1. The molecule has 0 saturated heterocycles. The Morgan fingerprint density at radius 1 is 1.29 bits per heavy atom. The van der Waals surface area contributed by atoms with Gasteiger partial charge in [0.15, 0.2) is 5.69 Å². The number of carbonyl (C=O) groups is 1. The van der Waals surface area contributed by atoms with Crippen LogP contribution >= 0.6 is 11.3 Å². The van der Waals surface area contributed by atoms with E-state index in [0.717, 1.165) is 45.8 Å². The molecular formula is C26H26N4O4S. The number of hydrogen-bond acceptors (Lipinski definition) is 6. The molecule has 4 heterocycles. The second-order valence-corrected chi connectivity index (χ2v) is 9.89. The first-order chi connectivity index (χ1) is 17.0. The van der Waals surface area contributed by atoms with E-state index in [1.165, 1.54) is 0 Å². The predicted molar refractivity (Wildman–Crippen MR) is 133 cm³/mol. The SMILES string of the molecule is COc1cc2c(cc1-c1ccn(C)c1)-c1c(c(C(=O)N[C@H]3CC[C@@H](O)C3)nn1-c1ccsc1)CO2. The molecule has 1 saturated carbocycles. The standard InChI is InChI=1S/C26H26N4O4S/c1-29-7-5-15(12-29)19-10-20-23(11-22(19)33-2)34-13-21-24(26(32)27-16-3-4-18(31)9-16)28-30(25(20)21)17-6-8-35-14-17/h5-8,10-12,14,16,18,31H,3-4,9,13H2,1-2H3,(H,27,32)/t16-,18+/m0/s1. The molecule has 3 aromatic heterocycles. The van der Waals surface area contributed by atoms with E-state index in [1.807, 2.05) is 57.6 Å². The third-order valence-corrected chi connectivity index (χ3v) is 7.43. The molecular weight excluding hydrogens is 464 g/mol. The molecule has 1 aliphatic heterocycles. The van der Waals surface area contributed by atoms with Crippen molar-refractivity contribution >= 4 is 17.2 Å². The second kappa shape index (κ2) is 8.58. The first kappa shape index (κ1) is 21.9. The molecule has 9 heteroatoms. The quantitative estimate of drug-likeness (QED) is 0.439. The minimum atomic E-state index is -0.362. The van der Waals surface area contributed by atoms with Gasteiger partial charge in [0.05, 0.1) is 24.6 Å². The summed E-state index contributed by atoms with van der Waals surface area (Å²) < 4.78 is 15.7. The van der Waals surface area contributed by atoms with Crippen molar-refractivity contribution in [3.8, 4) is 39.6 Å². The lowest BCUT2D eigenvalue weighted by Gasteiger charge is -2.22. The molecule has 0 radical (unpaired) electrons. The average Bonchev–Trinajstić information content (AvgIpc) is 3.65. The Balaban J connectivity index is 1.49. The fourth-order valence-corrected chi connectivity index (χ4v) is 5.64. The van der Waals surface area contributed by atoms with Crippen molar-refractivity contribution in [1.29, 1.82) is 0 Å². The van der Waals surface area contributed by atoms with Gasteiger partial charge in [0, 0.05) is 59.2 Å². The number of aryl methyl sites for hydroxylation is 1. The van der Waals surface area contributed by atoms with Crippen LogP contribution in [0.1, 0.15) is 35.3 Å². The van der Waals surface area contributed by atoms with Crippen molar-refractivity contribution in [2.45, 2.75) is 38.0 Å². The highest BCUT2D eigenvalue weighted by atomic mass is 32.1. The van der Waals surface area contributed by atoms with E-state index in [1.54, 1.807) is 18.4 Å². The molecule has 0 spiro atoms. The maximum Gasteiger partial charge on any atom is 0.272 e. The number of fused-ring (bicyclic) bond motifs is 3. The number of aliphatic hydroxyl groups is 1. The summed E-state index contributed by atoms with van der Waals surface area (Å²) in [4.78, 5) is 13.3. The Morgan fingerprint density at radius 2 is 2.17 bits per heavy atom.